The number of methoxy groups -OCH3 is 2. The normalized spacial score (nSPS) is 9.35. The van der Waals surface area contributed by atoms with Crippen molar-refractivity contribution in [3.8, 4) is 11.5 Å². The van der Waals surface area contributed by atoms with E-state index in [1.54, 1.807) is 0 Å². The molecule has 6 heteroatoms. The molecule has 0 atom stereocenters. The van der Waals surface area contributed by atoms with Crippen LogP contribution < -0.4 is 9.47 Å². The molecule has 0 spiro atoms. The zero-order valence-electron chi connectivity index (χ0n) is 9.32. The van der Waals surface area contributed by atoms with Gasteiger partial charge in [-0.25, -0.2) is 9.79 Å². The fraction of sp³-hybridized carbons (Fsp3) is 0.273. The summed E-state index contributed by atoms with van der Waals surface area (Å²) in [6.45, 7) is 0.0149. The summed E-state index contributed by atoms with van der Waals surface area (Å²) in [6.07, 6.45) is 2.02. The summed E-state index contributed by atoms with van der Waals surface area (Å²) >= 11 is 5.97. The van der Waals surface area contributed by atoms with Gasteiger partial charge >= 0.3 is 0 Å². The Morgan fingerprint density at radius 2 is 2.06 bits per heavy atom. The zero-order valence-corrected chi connectivity index (χ0v) is 10.1. The molecule has 0 unspecified atom stereocenters. The first-order chi connectivity index (χ1) is 8.19. The van der Waals surface area contributed by atoms with Crippen molar-refractivity contribution < 1.29 is 19.1 Å². The molecule has 5 nitrogen and oxygen atoms in total. The zero-order chi connectivity index (χ0) is 12.8. The van der Waals surface area contributed by atoms with Gasteiger partial charge in [0.05, 0.1) is 31.4 Å². The monoisotopic (exact) mass is 255 g/mol. The van der Waals surface area contributed by atoms with Gasteiger partial charge in [-0.1, -0.05) is 11.6 Å². The number of carbonyl (C=O) groups is 1. The van der Waals surface area contributed by atoms with Crippen LogP contribution in [0.3, 0.4) is 0 Å². The van der Waals surface area contributed by atoms with Crippen molar-refractivity contribution in [2.24, 2.45) is 4.99 Å². The van der Waals surface area contributed by atoms with Crippen LogP contribution in [0.4, 0.5) is 0 Å². The van der Waals surface area contributed by atoms with E-state index >= 15 is 0 Å². The summed E-state index contributed by atoms with van der Waals surface area (Å²) < 4.78 is 10.2. The Bertz CT molecular complexity index is 481. The maximum atomic E-state index is 10.9. The van der Waals surface area contributed by atoms with Gasteiger partial charge < -0.3 is 9.47 Å². The molecule has 0 amide bonds. The van der Waals surface area contributed by atoms with Crippen LogP contribution in [-0.4, -0.2) is 26.6 Å². The third kappa shape index (κ3) is 2.64. The number of nitrogens with zero attached hydrogens (tertiary/aromatic N) is 1. The molecule has 90 valence electrons. The molecular weight excluding hydrogens is 246 g/mol. The van der Waals surface area contributed by atoms with Crippen LogP contribution in [0.1, 0.15) is 15.9 Å². The number of hydrogen-bond acceptors (Lipinski definition) is 5. The summed E-state index contributed by atoms with van der Waals surface area (Å²) in [4.78, 5) is 24.4. The van der Waals surface area contributed by atoms with E-state index in [0.717, 1.165) is 0 Å². The van der Waals surface area contributed by atoms with Gasteiger partial charge in [0, 0.05) is 5.56 Å². The minimum atomic E-state index is 0.0149. The van der Waals surface area contributed by atoms with Crippen molar-refractivity contribution >= 4 is 24.0 Å². The number of aldehydes is 1. The molecular formula is C11H10ClNO4. The molecule has 0 aromatic heterocycles. The van der Waals surface area contributed by atoms with E-state index in [-0.39, 0.29) is 22.9 Å². The first kappa shape index (κ1) is 13.2. The number of rotatable bonds is 5. The molecule has 17 heavy (non-hydrogen) atoms. The van der Waals surface area contributed by atoms with Crippen LogP contribution in [-0.2, 0) is 11.3 Å². The second-order valence-electron chi connectivity index (χ2n) is 3.02. The molecule has 0 saturated heterocycles. The Morgan fingerprint density at radius 3 is 2.53 bits per heavy atom. The number of ether oxygens (including phenoxy) is 2. The number of halogens is 1. The fourth-order valence-electron chi connectivity index (χ4n) is 1.44. The van der Waals surface area contributed by atoms with E-state index in [0.29, 0.717) is 17.6 Å². The molecule has 1 aromatic carbocycles. The molecule has 0 N–H and O–H groups in total. The van der Waals surface area contributed by atoms with Gasteiger partial charge in [0.2, 0.25) is 6.08 Å². The van der Waals surface area contributed by atoms with E-state index in [4.69, 9.17) is 21.1 Å². The molecule has 1 aromatic rings. The molecule has 0 aliphatic rings. The Balaban J connectivity index is 3.47. The first-order valence-electron chi connectivity index (χ1n) is 4.61. The van der Waals surface area contributed by atoms with Gasteiger partial charge in [0.1, 0.15) is 0 Å². The first-order valence-corrected chi connectivity index (χ1v) is 4.99. The SMILES string of the molecule is COc1c(C=O)cc(Cl)c(CN=C=O)c1OC. The summed E-state index contributed by atoms with van der Waals surface area (Å²) in [5, 5.41) is 0.281. The van der Waals surface area contributed by atoms with Crippen LogP contribution in [0.25, 0.3) is 0 Å². The second-order valence-corrected chi connectivity index (χ2v) is 3.43. The van der Waals surface area contributed by atoms with Gasteiger partial charge in [0.15, 0.2) is 17.8 Å². The largest absolute Gasteiger partial charge is 0.492 e. The maximum Gasteiger partial charge on any atom is 0.235 e. The summed E-state index contributed by atoms with van der Waals surface area (Å²) in [6, 6.07) is 1.44. The molecule has 0 saturated carbocycles. The highest BCUT2D eigenvalue weighted by molar-refractivity contribution is 6.32. The number of aliphatic imine (C=N–C) groups is 1. The molecule has 0 bridgehead atoms. The number of hydrogen-bond donors (Lipinski definition) is 0. The predicted molar refractivity (Wildman–Crippen MR) is 61.8 cm³/mol. The van der Waals surface area contributed by atoms with Gasteiger partial charge in [-0.3, -0.25) is 4.79 Å². The fourth-order valence-corrected chi connectivity index (χ4v) is 1.70. The van der Waals surface area contributed by atoms with Gasteiger partial charge in [-0.05, 0) is 6.07 Å². The van der Waals surface area contributed by atoms with Crippen LogP contribution in [0, 0.1) is 0 Å². The van der Waals surface area contributed by atoms with Crippen molar-refractivity contribution in [1.82, 2.24) is 0 Å². The molecule has 1 rings (SSSR count). The Labute approximate surface area is 103 Å². The average molecular weight is 256 g/mol. The van der Waals surface area contributed by atoms with Gasteiger partial charge in [-0.15, -0.1) is 0 Å². The smallest absolute Gasteiger partial charge is 0.235 e. The van der Waals surface area contributed by atoms with Crippen LogP contribution in [0.2, 0.25) is 5.02 Å². The second kappa shape index (κ2) is 6.03. The highest BCUT2D eigenvalue weighted by Crippen LogP contribution is 2.39. The van der Waals surface area contributed by atoms with Gasteiger partial charge in [0.25, 0.3) is 0 Å². The summed E-state index contributed by atoms with van der Waals surface area (Å²) in [7, 11) is 2.82. The Morgan fingerprint density at radius 1 is 1.41 bits per heavy atom. The lowest BCUT2D eigenvalue weighted by atomic mass is 10.1. The minimum absolute atomic E-state index is 0.0149. The van der Waals surface area contributed by atoms with Gasteiger partial charge in [-0.2, -0.15) is 0 Å². The van der Waals surface area contributed by atoms with Crippen LogP contribution >= 0.6 is 11.6 Å². The van der Waals surface area contributed by atoms with E-state index in [1.807, 2.05) is 0 Å². The quantitative estimate of drug-likeness (QED) is 0.459. The molecule has 0 heterocycles. The number of isocyanates is 1. The molecule has 0 aliphatic heterocycles. The predicted octanol–water partition coefficient (Wildman–Crippen LogP) is 2.01. The molecule has 0 radical (unpaired) electrons. The minimum Gasteiger partial charge on any atom is -0.492 e. The third-order valence-corrected chi connectivity index (χ3v) is 2.49. The van der Waals surface area contributed by atoms with Crippen molar-refractivity contribution in [1.29, 1.82) is 0 Å². The lowest BCUT2D eigenvalue weighted by Gasteiger charge is -2.14. The summed E-state index contributed by atoms with van der Waals surface area (Å²) in [5.41, 5.74) is 0.744. The lowest BCUT2D eigenvalue weighted by Crippen LogP contribution is -2.00. The topological polar surface area (TPSA) is 65.0 Å². The van der Waals surface area contributed by atoms with E-state index < -0.39 is 0 Å². The van der Waals surface area contributed by atoms with Crippen molar-refractivity contribution in [2.75, 3.05) is 14.2 Å². The Kier molecular flexibility index (Phi) is 4.69. The van der Waals surface area contributed by atoms with E-state index in [2.05, 4.69) is 4.99 Å². The summed E-state index contributed by atoms with van der Waals surface area (Å²) in [5.74, 6) is 0.559. The van der Waals surface area contributed by atoms with E-state index in [1.165, 1.54) is 26.4 Å². The van der Waals surface area contributed by atoms with E-state index in [9.17, 15) is 9.59 Å². The van der Waals surface area contributed by atoms with Crippen molar-refractivity contribution in [3.05, 3.63) is 22.2 Å². The van der Waals surface area contributed by atoms with Crippen molar-refractivity contribution in [3.63, 3.8) is 0 Å². The maximum absolute atomic E-state index is 10.9. The Hall–Kier alpha value is -1.84. The molecule has 0 aliphatic carbocycles. The number of carbonyl (C=O) groups excluding carboxylic acids is 2. The number of benzene rings is 1. The average Bonchev–Trinajstić information content (AvgIpc) is 2.35. The standard InChI is InChI=1S/C11H10ClNO4/c1-16-10-7(5-14)3-9(12)8(4-13-6-15)11(10)17-2/h3,5H,4H2,1-2H3. The lowest BCUT2D eigenvalue weighted by molar-refractivity contribution is 0.112. The molecule has 0 fully saturated rings. The van der Waals surface area contributed by atoms with Crippen LogP contribution in [0.15, 0.2) is 11.1 Å². The third-order valence-electron chi connectivity index (χ3n) is 2.15. The highest BCUT2D eigenvalue weighted by Gasteiger charge is 2.18. The van der Waals surface area contributed by atoms with Crippen molar-refractivity contribution in [2.45, 2.75) is 6.54 Å². The van der Waals surface area contributed by atoms with Crippen LogP contribution in [0.5, 0.6) is 11.5 Å². The highest BCUT2D eigenvalue weighted by atomic mass is 35.5.